The van der Waals surface area contributed by atoms with Gasteiger partial charge >= 0.3 is 0 Å². The Labute approximate surface area is 65.4 Å². The van der Waals surface area contributed by atoms with Crippen LogP contribution in [0, 0.1) is 17.2 Å². The lowest BCUT2D eigenvalue weighted by Gasteiger charge is -2.19. The number of nitriles is 1. The van der Waals surface area contributed by atoms with Crippen molar-refractivity contribution >= 4 is 0 Å². The van der Waals surface area contributed by atoms with Crippen LogP contribution in [0.4, 0.5) is 0 Å². The number of fused-ring (bicyclic) bond motifs is 2. The first-order valence-electron chi connectivity index (χ1n) is 3.67. The third-order valence-corrected chi connectivity index (χ3v) is 2.42. The molecule has 3 unspecified atom stereocenters. The summed E-state index contributed by atoms with van der Waals surface area (Å²) in [4.78, 5) is 0. The molecule has 2 heterocycles. The van der Waals surface area contributed by atoms with E-state index in [4.69, 9.17) is 15.7 Å². The molecule has 0 aromatic heterocycles. The monoisotopic (exact) mass is 150 g/mol. The average Bonchev–Trinajstić information content (AvgIpc) is 2.36. The molecule has 3 heteroatoms. The molecule has 3 nitrogen and oxygen atoms in total. The van der Waals surface area contributed by atoms with Crippen LogP contribution in [0.25, 0.3) is 0 Å². The van der Waals surface area contributed by atoms with Gasteiger partial charge in [0.25, 0.3) is 0 Å². The van der Waals surface area contributed by atoms with Gasteiger partial charge in [0.2, 0.25) is 0 Å². The van der Waals surface area contributed by atoms with E-state index >= 15 is 0 Å². The molecule has 0 saturated carbocycles. The van der Waals surface area contributed by atoms with E-state index in [0.717, 1.165) is 6.42 Å². The van der Waals surface area contributed by atoms with E-state index in [9.17, 15) is 0 Å². The minimum Gasteiger partial charge on any atom is -0.346 e. The highest BCUT2D eigenvalue weighted by Crippen LogP contribution is 2.45. The first kappa shape index (κ1) is 6.84. The maximum atomic E-state index is 8.72. The quantitative estimate of drug-likeness (QED) is 0.512. The third kappa shape index (κ3) is 0.740. The van der Waals surface area contributed by atoms with Gasteiger partial charge in [0.05, 0.1) is 17.6 Å². The molecule has 0 amide bonds. The number of nitrogens with zero attached hydrogens (tertiary/aromatic N) is 1. The maximum absolute atomic E-state index is 8.72. The fraction of sp³-hybridized carbons (Fsp3) is 0.625. The maximum Gasteiger partial charge on any atom is 0.153 e. The molecule has 11 heavy (non-hydrogen) atoms. The topological polar surface area (TPSA) is 59.0 Å². The summed E-state index contributed by atoms with van der Waals surface area (Å²) in [5, 5.41) is 8.72. The summed E-state index contributed by atoms with van der Waals surface area (Å²) in [6, 6.07) is 2.16. The van der Waals surface area contributed by atoms with Crippen LogP contribution < -0.4 is 5.73 Å². The number of ether oxygens (including phenoxy) is 1. The zero-order valence-corrected chi connectivity index (χ0v) is 6.37. The normalized spacial score (nSPS) is 53.0. The first-order valence-corrected chi connectivity index (χ1v) is 3.67. The van der Waals surface area contributed by atoms with Crippen molar-refractivity contribution in [3.63, 3.8) is 0 Å². The zero-order valence-electron chi connectivity index (χ0n) is 6.37. The summed E-state index contributed by atoms with van der Waals surface area (Å²) in [5.41, 5.74) is 4.72. The largest absolute Gasteiger partial charge is 0.346 e. The standard InChI is InChI=1S/C8H10N2O/c1-7-2-3-8(10,11-7)6(4-7)5-9/h2-3,6H,4,10H2,1H3. The molecule has 2 aliphatic rings. The predicted octanol–water partition coefficient (Wildman–Crippen LogP) is 0.530. The van der Waals surface area contributed by atoms with Crippen molar-refractivity contribution < 1.29 is 4.74 Å². The molecule has 58 valence electrons. The fourth-order valence-electron chi connectivity index (χ4n) is 1.79. The highest BCUT2D eigenvalue weighted by Gasteiger charge is 2.54. The molecule has 0 spiro atoms. The highest BCUT2D eigenvalue weighted by molar-refractivity contribution is 5.26. The predicted molar refractivity (Wildman–Crippen MR) is 39.3 cm³/mol. The number of hydrogen-bond donors (Lipinski definition) is 1. The van der Waals surface area contributed by atoms with Gasteiger partial charge in [-0.3, -0.25) is 5.73 Å². The highest BCUT2D eigenvalue weighted by atomic mass is 16.5. The Morgan fingerprint density at radius 1 is 1.73 bits per heavy atom. The zero-order chi connectivity index (χ0) is 8.11. The third-order valence-electron chi connectivity index (χ3n) is 2.42. The van der Waals surface area contributed by atoms with E-state index in [-0.39, 0.29) is 11.5 Å². The Kier molecular flexibility index (Phi) is 1.03. The Morgan fingerprint density at radius 2 is 2.45 bits per heavy atom. The van der Waals surface area contributed by atoms with Crippen molar-refractivity contribution in [2.24, 2.45) is 11.7 Å². The molecule has 1 fully saturated rings. The van der Waals surface area contributed by atoms with Gasteiger partial charge in [-0.25, -0.2) is 0 Å². The van der Waals surface area contributed by atoms with E-state index in [2.05, 4.69) is 6.07 Å². The number of hydrogen-bond acceptors (Lipinski definition) is 3. The molecule has 2 bridgehead atoms. The molecule has 3 atom stereocenters. The summed E-state index contributed by atoms with van der Waals surface area (Å²) in [5.74, 6) is -0.183. The SMILES string of the molecule is CC12C=CC(N)(O1)C(C#N)C2. The lowest BCUT2D eigenvalue weighted by atomic mass is 9.85. The second kappa shape index (κ2) is 1.66. The Morgan fingerprint density at radius 3 is 2.73 bits per heavy atom. The van der Waals surface area contributed by atoms with Crippen molar-refractivity contribution in [2.45, 2.75) is 24.7 Å². The Bertz CT molecular complexity index is 268. The van der Waals surface area contributed by atoms with Crippen molar-refractivity contribution in [3.8, 4) is 6.07 Å². The van der Waals surface area contributed by atoms with Crippen LogP contribution in [0.1, 0.15) is 13.3 Å². The van der Waals surface area contributed by atoms with Gasteiger partial charge in [0.15, 0.2) is 5.72 Å². The van der Waals surface area contributed by atoms with Crippen LogP contribution in [-0.4, -0.2) is 11.3 Å². The molecule has 0 aromatic rings. The molecule has 2 aliphatic heterocycles. The van der Waals surface area contributed by atoms with Crippen molar-refractivity contribution in [1.82, 2.24) is 0 Å². The van der Waals surface area contributed by atoms with Gasteiger partial charge in [0.1, 0.15) is 0 Å². The summed E-state index contributed by atoms with van der Waals surface area (Å²) < 4.78 is 5.49. The molecule has 0 aromatic carbocycles. The van der Waals surface area contributed by atoms with E-state index in [1.807, 2.05) is 13.0 Å². The van der Waals surface area contributed by atoms with Crippen molar-refractivity contribution in [2.75, 3.05) is 0 Å². The molecule has 1 saturated heterocycles. The van der Waals surface area contributed by atoms with E-state index < -0.39 is 5.72 Å². The second-order valence-corrected chi connectivity index (χ2v) is 3.49. The average molecular weight is 150 g/mol. The first-order chi connectivity index (χ1) is 5.08. The van der Waals surface area contributed by atoms with E-state index in [0.29, 0.717) is 0 Å². The molecule has 2 rings (SSSR count). The van der Waals surface area contributed by atoms with Gasteiger partial charge in [-0.2, -0.15) is 5.26 Å². The smallest absolute Gasteiger partial charge is 0.153 e. The van der Waals surface area contributed by atoms with Crippen LogP contribution in [0.5, 0.6) is 0 Å². The van der Waals surface area contributed by atoms with Crippen LogP contribution in [0.2, 0.25) is 0 Å². The van der Waals surface area contributed by atoms with E-state index in [1.165, 1.54) is 0 Å². The summed E-state index contributed by atoms with van der Waals surface area (Å²) in [7, 11) is 0. The lowest BCUT2D eigenvalue weighted by molar-refractivity contribution is -0.0238. The minimum absolute atomic E-state index is 0.183. The van der Waals surface area contributed by atoms with Crippen LogP contribution in [0.3, 0.4) is 0 Å². The molecule has 0 radical (unpaired) electrons. The summed E-state index contributed by atoms with van der Waals surface area (Å²) in [6.45, 7) is 1.95. The molecular weight excluding hydrogens is 140 g/mol. The second-order valence-electron chi connectivity index (χ2n) is 3.49. The number of rotatable bonds is 0. The summed E-state index contributed by atoms with van der Waals surface area (Å²) in [6.07, 6.45) is 4.46. The molecular formula is C8H10N2O. The van der Waals surface area contributed by atoms with Crippen LogP contribution in [-0.2, 0) is 4.74 Å². The van der Waals surface area contributed by atoms with Gasteiger partial charge < -0.3 is 4.74 Å². The molecule has 2 N–H and O–H groups in total. The number of nitrogens with two attached hydrogens (primary N) is 1. The van der Waals surface area contributed by atoms with Crippen molar-refractivity contribution in [3.05, 3.63) is 12.2 Å². The van der Waals surface area contributed by atoms with Gasteiger partial charge in [-0.1, -0.05) is 6.08 Å². The Balaban J connectivity index is 2.39. The minimum atomic E-state index is -0.802. The van der Waals surface area contributed by atoms with Gasteiger partial charge in [0, 0.05) is 6.42 Å². The van der Waals surface area contributed by atoms with Crippen LogP contribution >= 0.6 is 0 Å². The van der Waals surface area contributed by atoms with Gasteiger partial charge in [-0.15, -0.1) is 0 Å². The van der Waals surface area contributed by atoms with Crippen LogP contribution in [0.15, 0.2) is 12.2 Å². The van der Waals surface area contributed by atoms with Crippen molar-refractivity contribution in [1.29, 1.82) is 5.26 Å². The lowest BCUT2D eigenvalue weighted by Crippen LogP contribution is -2.41. The molecule has 0 aliphatic carbocycles. The Hall–Kier alpha value is -0.850. The fourth-order valence-corrected chi connectivity index (χ4v) is 1.79. The summed E-state index contributed by atoms with van der Waals surface area (Å²) >= 11 is 0. The van der Waals surface area contributed by atoms with Gasteiger partial charge in [-0.05, 0) is 13.0 Å². The van der Waals surface area contributed by atoms with E-state index in [1.54, 1.807) is 6.08 Å².